The Labute approximate surface area is 163 Å². The standard InChI is InChI=1S/C23H45NO2/c1-5-6-7-8-9-10-11-12-13-14-18-26-21(25)24-20-23(4)17-15-16-22(2,3)19-23/h5-20H2,1-4H3,(H,24,25). The molecule has 0 aliphatic heterocycles. The first kappa shape index (κ1) is 23.3. The molecule has 1 aliphatic carbocycles. The Morgan fingerprint density at radius 3 is 2.04 bits per heavy atom. The summed E-state index contributed by atoms with van der Waals surface area (Å²) in [4.78, 5) is 11.9. The molecule has 3 heteroatoms. The van der Waals surface area contributed by atoms with E-state index in [1.54, 1.807) is 0 Å². The topological polar surface area (TPSA) is 38.3 Å². The summed E-state index contributed by atoms with van der Waals surface area (Å²) in [6.45, 7) is 10.6. The van der Waals surface area contributed by atoms with Crippen LogP contribution in [0.2, 0.25) is 0 Å². The lowest BCUT2D eigenvalue weighted by Crippen LogP contribution is -2.41. The second-order valence-electron chi connectivity index (χ2n) is 9.68. The Kier molecular flexibility index (Phi) is 11.3. The molecule has 3 nitrogen and oxygen atoms in total. The van der Waals surface area contributed by atoms with Crippen molar-refractivity contribution in [3.63, 3.8) is 0 Å². The number of carbonyl (C=O) groups is 1. The number of unbranched alkanes of at least 4 members (excludes halogenated alkanes) is 9. The summed E-state index contributed by atoms with van der Waals surface area (Å²) in [5.74, 6) is 0. The molecular weight excluding hydrogens is 322 g/mol. The Hall–Kier alpha value is -0.730. The summed E-state index contributed by atoms with van der Waals surface area (Å²) in [7, 11) is 0. The van der Waals surface area contributed by atoms with Gasteiger partial charge in [-0.1, -0.05) is 91.9 Å². The van der Waals surface area contributed by atoms with E-state index in [-0.39, 0.29) is 11.5 Å². The highest BCUT2D eigenvalue weighted by molar-refractivity contribution is 5.67. The molecule has 0 aromatic carbocycles. The molecule has 0 radical (unpaired) electrons. The SMILES string of the molecule is CCCCCCCCCCCCOC(=O)NCC1(C)CCCC(C)(C)C1. The van der Waals surface area contributed by atoms with Crippen LogP contribution in [0, 0.1) is 10.8 Å². The van der Waals surface area contributed by atoms with E-state index < -0.39 is 0 Å². The van der Waals surface area contributed by atoms with Crippen molar-refractivity contribution >= 4 is 6.09 Å². The van der Waals surface area contributed by atoms with Gasteiger partial charge in [-0.2, -0.15) is 0 Å². The lowest BCUT2D eigenvalue weighted by molar-refractivity contribution is 0.0903. The average Bonchev–Trinajstić information content (AvgIpc) is 2.57. The zero-order chi connectivity index (χ0) is 19.3. The highest BCUT2D eigenvalue weighted by Gasteiger charge is 2.36. The Balaban J connectivity index is 1.95. The van der Waals surface area contributed by atoms with Crippen molar-refractivity contribution in [2.75, 3.05) is 13.2 Å². The van der Waals surface area contributed by atoms with Crippen LogP contribution in [0.15, 0.2) is 0 Å². The van der Waals surface area contributed by atoms with E-state index in [9.17, 15) is 4.79 Å². The zero-order valence-corrected chi connectivity index (χ0v) is 18.1. The minimum absolute atomic E-state index is 0.220. The van der Waals surface area contributed by atoms with E-state index in [0.717, 1.165) is 13.0 Å². The highest BCUT2D eigenvalue weighted by Crippen LogP contribution is 2.45. The molecule has 0 aromatic rings. The van der Waals surface area contributed by atoms with E-state index in [4.69, 9.17) is 4.74 Å². The van der Waals surface area contributed by atoms with Crippen molar-refractivity contribution in [2.24, 2.45) is 10.8 Å². The Morgan fingerprint density at radius 2 is 1.46 bits per heavy atom. The molecule has 1 fully saturated rings. The molecule has 1 unspecified atom stereocenters. The van der Waals surface area contributed by atoms with E-state index in [2.05, 4.69) is 33.0 Å². The van der Waals surface area contributed by atoms with Gasteiger partial charge in [0.05, 0.1) is 6.61 Å². The molecule has 26 heavy (non-hydrogen) atoms. The van der Waals surface area contributed by atoms with Gasteiger partial charge in [0.2, 0.25) is 0 Å². The van der Waals surface area contributed by atoms with E-state index >= 15 is 0 Å². The summed E-state index contributed by atoms with van der Waals surface area (Å²) in [5.41, 5.74) is 0.618. The quantitative estimate of drug-likeness (QED) is 0.348. The summed E-state index contributed by atoms with van der Waals surface area (Å²) in [5, 5.41) is 3.01. The van der Waals surface area contributed by atoms with Crippen molar-refractivity contribution in [1.82, 2.24) is 5.32 Å². The second kappa shape index (κ2) is 12.6. The molecule has 1 atom stereocenters. The van der Waals surface area contributed by atoms with Crippen LogP contribution in [-0.4, -0.2) is 19.2 Å². The van der Waals surface area contributed by atoms with Gasteiger partial charge in [-0.3, -0.25) is 0 Å². The van der Waals surface area contributed by atoms with Crippen LogP contribution in [0.3, 0.4) is 0 Å². The monoisotopic (exact) mass is 367 g/mol. The smallest absolute Gasteiger partial charge is 0.407 e. The van der Waals surface area contributed by atoms with Crippen molar-refractivity contribution < 1.29 is 9.53 Å². The van der Waals surface area contributed by atoms with E-state index in [1.807, 2.05) is 0 Å². The Bertz CT molecular complexity index is 380. The summed E-state index contributed by atoms with van der Waals surface area (Å²) < 4.78 is 5.35. The van der Waals surface area contributed by atoms with Crippen LogP contribution < -0.4 is 5.32 Å². The third-order valence-electron chi connectivity index (χ3n) is 5.93. The molecule has 0 aromatic heterocycles. The maximum atomic E-state index is 11.9. The number of hydrogen-bond donors (Lipinski definition) is 1. The van der Waals surface area contributed by atoms with Gasteiger partial charge in [0, 0.05) is 6.54 Å². The van der Waals surface area contributed by atoms with Gasteiger partial charge in [-0.25, -0.2) is 4.79 Å². The Morgan fingerprint density at radius 1 is 0.885 bits per heavy atom. The lowest BCUT2D eigenvalue weighted by atomic mass is 9.64. The maximum absolute atomic E-state index is 11.9. The fraction of sp³-hybridized carbons (Fsp3) is 0.957. The molecule has 154 valence electrons. The van der Waals surface area contributed by atoms with Gasteiger partial charge in [0.25, 0.3) is 0 Å². The number of rotatable bonds is 13. The van der Waals surface area contributed by atoms with Gasteiger partial charge in [-0.05, 0) is 36.5 Å². The molecule has 0 bridgehead atoms. The van der Waals surface area contributed by atoms with Crippen LogP contribution in [0.1, 0.15) is 118 Å². The predicted molar refractivity (Wildman–Crippen MR) is 112 cm³/mol. The molecule has 0 spiro atoms. The molecular formula is C23H45NO2. The van der Waals surface area contributed by atoms with Crippen LogP contribution in [0.25, 0.3) is 0 Å². The molecule has 1 amide bonds. The zero-order valence-electron chi connectivity index (χ0n) is 18.1. The fourth-order valence-electron chi connectivity index (χ4n) is 4.57. The van der Waals surface area contributed by atoms with Gasteiger partial charge in [0.15, 0.2) is 0 Å². The van der Waals surface area contributed by atoms with E-state index in [1.165, 1.54) is 83.5 Å². The minimum atomic E-state index is -0.231. The van der Waals surface area contributed by atoms with Gasteiger partial charge < -0.3 is 10.1 Å². The number of hydrogen-bond acceptors (Lipinski definition) is 2. The van der Waals surface area contributed by atoms with Crippen LogP contribution in [0.4, 0.5) is 4.79 Å². The van der Waals surface area contributed by atoms with Crippen molar-refractivity contribution in [3.05, 3.63) is 0 Å². The first-order valence-electron chi connectivity index (χ1n) is 11.3. The maximum Gasteiger partial charge on any atom is 0.407 e. The van der Waals surface area contributed by atoms with Crippen molar-refractivity contribution in [3.8, 4) is 0 Å². The summed E-state index contributed by atoms with van der Waals surface area (Å²) >= 11 is 0. The molecule has 1 saturated carbocycles. The number of alkyl carbamates (subject to hydrolysis) is 1. The van der Waals surface area contributed by atoms with Crippen LogP contribution in [-0.2, 0) is 4.74 Å². The van der Waals surface area contributed by atoms with Crippen LogP contribution in [0.5, 0.6) is 0 Å². The lowest BCUT2D eigenvalue weighted by Gasteiger charge is -2.42. The number of amides is 1. The molecule has 1 rings (SSSR count). The fourth-order valence-corrected chi connectivity index (χ4v) is 4.57. The first-order valence-corrected chi connectivity index (χ1v) is 11.3. The minimum Gasteiger partial charge on any atom is -0.450 e. The van der Waals surface area contributed by atoms with Gasteiger partial charge in [0.1, 0.15) is 0 Å². The third-order valence-corrected chi connectivity index (χ3v) is 5.93. The average molecular weight is 368 g/mol. The number of carbonyl (C=O) groups excluding carboxylic acids is 1. The largest absolute Gasteiger partial charge is 0.450 e. The highest BCUT2D eigenvalue weighted by atomic mass is 16.5. The summed E-state index contributed by atoms with van der Waals surface area (Å²) in [6.07, 6.45) is 17.7. The van der Waals surface area contributed by atoms with Crippen LogP contribution >= 0.6 is 0 Å². The first-order chi connectivity index (χ1) is 12.4. The van der Waals surface area contributed by atoms with E-state index in [0.29, 0.717) is 12.0 Å². The number of nitrogens with one attached hydrogen (secondary N) is 1. The molecule has 0 saturated heterocycles. The van der Waals surface area contributed by atoms with Crippen molar-refractivity contribution in [1.29, 1.82) is 0 Å². The van der Waals surface area contributed by atoms with Gasteiger partial charge >= 0.3 is 6.09 Å². The molecule has 1 N–H and O–H groups in total. The second-order valence-corrected chi connectivity index (χ2v) is 9.68. The van der Waals surface area contributed by atoms with Gasteiger partial charge in [-0.15, -0.1) is 0 Å². The number of ether oxygens (including phenoxy) is 1. The molecule has 1 aliphatic rings. The molecule has 0 heterocycles. The predicted octanol–water partition coefficient (Wildman–Crippen LogP) is 7.24. The van der Waals surface area contributed by atoms with Crippen molar-refractivity contribution in [2.45, 2.75) is 118 Å². The summed E-state index contributed by atoms with van der Waals surface area (Å²) in [6, 6.07) is 0. The normalized spacial score (nSPS) is 22.2. The third kappa shape index (κ3) is 11.1.